The lowest BCUT2D eigenvalue weighted by Gasteiger charge is -2.17. The molecule has 25 heavy (non-hydrogen) atoms. The number of hydrogen-bond donors (Lipinski definition) is 2. The number of carbonyl (C=O) groups is 3. The van der Waals surface area contributed by atoms with Crippen LogP contribution in [0.5, 0.6) is 0 Å². The van der Waals surface area contributed by atoms with Gasteiger partial charge in [0.05, 0.1) is 6.10 Å². The van der Waals surface area contributed by atoms with Crippen LogP contribution in [0.3, 0.4) is 0 Å². The molecule has 0 aromatic rings. The standard InChI is InChI=1S/C20H32O5/c1-3-4-5-6-7-8-11-18(23)13-14-19(16(2)22)17(15-21)10-9-12-20(24)25/h7-8,13-15,17-19,23H,3-6,9-12H2,1-2H3,(H,24,25)/b8-7-,14-13+/t17-,18+,19+/m1/s1. The van der Waals surface area contributed by atoms with E-state index in [1.807, 2.05) is 6.08 Å². The van der Waals surface area contributed by atoms with Crippen molar-refractivity contribution >= 4 is 18.0 Å². The van der Waals surface area contributed by atoms with Crippen molar-refractivity contribution < 1.29 is 24.6 Å². The molecule has 0 heterocycles. The highest BCUT2D eigenvalue weighted by Gasteiger charge is 2.23. The maximum Gasteiger partial charge on any atom is 0.303 e. The van der Waals surface area contributed by atoms with E-state index in [4.69, 9.17) is 5.11 Å². The van der Waals surface area contributed by atoms with Crippen LogP contribution in [-0.2, 0) is 14.4 Å². The summed E-state index contributed by atoms with van der Waals surface area (Å²) >= 11 is 0. The zero-order valence-electron chi connectivity index (χ0n) is 15.4. The molecule has 2 N–H and O–H groups in total. The fraction of sp³-hybridized carbons (Fsp3) is 0.650. The normalized spacial score (nSPS) is 15.3. The first-order valence-corrected chi connectivity index (χ1v) is 9.11. The molecule has 0 spiro atoms. The maximum absolute atomic E-state index is 11.8. The van der Waals surface area contributed by atoms with Crippen molar-refractivity contribution in [3.8, 4) is 0 Å². The third-order valence-corrected chi connectivity index (χ3v) is 4.09. The number of rotatable bonds is 15. The molecule has 0 aliphatic carbocycles. The summed E-state index contributed by atoms with van der Waals surface area (Å²) in [5.74, 6) is -2.24. The Bertz CT molecular complexity index is 453. The molecule has 0 aliphatic heterocycles. The number of hydrogen-bond acceptors (Lipinski definition) is 4. The minimum atomic E-state index is -0.916. The summed E-state index contributed by atoms with van der Waals surface area (Å²) in [5.41, 5.74) is 0. The third-order valence-electron chi connectivity index (χ3n) is 4.09. The second-order valence-corrected chi connectivity index (χ2v) is 6.38. The molecule has 0 rings (SSSR count). The molecule has 0 radical (unpaired) electrons. The average Bonchev–Trinajstić information content (AvgIpc) is 2.55. The van der Waals surface area contributed by atoms with E-state index in [9.17, 15) is 19.5 Å². The van der Waals surface area contributed by atoms with Gasteiger partial charge in [-0.1, -0.05) is 44.1 Å². The van der Waals surface area contributed by atoms with E-state index in [0.717, 1.165) is 12.8 Å². The van der Waals surface area contributed by atoms with E-state index in [0.29, 0.717) is 25.5 Å². The van der Waals surface area contributed by atoms with Crippen LogP contribution in [-0.4, -0.2) is 34.4 Å². The number of ketones is 1. The summed E-state index contributed by atoms with van der Waals surface area (Å²) in [6.07, 6.45) is 12.8. The number of aldehydes is 1. The van der Waals surface area contributed by atoms with Gasteiger partial charge in [-0.05, 0) is 39.0 Å². The number of aliphatic carboxylic acids is 1. The number of unbranched alkanes of at least 4 members (excludes halogenated alkanes) is 3. The Hall–Kier alpha value is -1.75. The molecule has 0 saturated heterocycles. The van der Waals surface area contributed by atoms with E-state index in [-0.39, 0.29) is 12.2 Å². The SMILES string of the molecule is CCCCC/C=C\C[C@H](O)/C=C/[C@@H](C(C)=O)[C@@H](C=O)CCCC(=O)O. The van der Waals surface area contributed by atoms with Gasteiger partial charge in [0.2, 0.25) is 0 Å². The molecule has 5 nitrogen and oxygen atoms in total. The number of Topliss-reactive ketones (excluding diaryl/α,β-unsaturated/α-hetero) is 1. The van der Waals surface area contributed by atoms with Gasteiger partial charge in [-0.3, -0.25) is 9.59 Å². The van der Waals surface area contributed by atoms with E-state index in [2.05, 4.69) is 13.0 Å². The lowest BCUT2D eigenvalue weighted by molar-refractivity contribution is -0.137. The van der Waals surface area contributed by atoms with Gasteiger partial charge < -0.3 is 15.0 Å². The Kier molecular flexibility index (Phi) is 13.6. The summed E-state index contributed by atoms with van der Waals surface area (Å²) < 4.78 is 0. The van der Waals surface area contributed by atoms with Crippen LogP contribution in [0.2, 0.25) is 0 Å². The number of carboxylic acid groups (broad SMARTS) is 1. The van der Waals surface area contributed by atoms with Crippen LogP contribution >= 0.6 is 0 Å². The van der Waals surface area contributed by atoms with Gasteiger partial charge in [-0.2, -0.15) is 0 Å². The van der Waals surface area contributed by atoms with Gasteiger partial charge in [-0.25, -0.2) is 0 Å². The van der Waals surface area contributed by atoms with E-state index >= 15 is 0 Å². The van der Waals surface area contributed by atoms with Crippen LogP contribution < -0.4 is 0 Å². The zero-order chi connectivity index (χ0) is 19.1. The zero-order valence-corrected chi connectivity index (χ0v) is 15.4. The summed E-state index contributed by atoms with van der Waals surface area (Å²) in [5, 5.41) is 18.6. The van der Waals surface area contributed by atoms with Crippen molar-refractivity contribution in [2.75, 3.05) is 0 Å². The molecule has 5 heteroatoms. The van der Waals surface area contributed by atoms with Gasteiger partial charge in [0, 0.05) is 18.3 Å². The first kappa shape index (κ1) is 23.2. The predicted molar refractivity (Wildman–Crippen MR) is 98.3 cm³/mol. The predicted octanol–water partition coefficient (Wildman–Crippen LogP) is 3.71. The highest BCUT2D eigenvalue weighted by atomic mass is 16.4. The van der Waals surface area contributed by atoms with Gasteiger partial charge in [0.15, 0.2) is 0 Å². The molecule has 0 amide bonds. The summed E-state index contributed by atoms with van der Waals surface area (Å²) in [7, 11) is 0. The molecule has 0 aliphatic rings. The maximum atomic E-state index is 11.8. The first-order chi connectivity index (χ1) is 11.9. The number of aliphatic hydroxyl groups is 1. The quantitative estimate of drug-likeness (QED) is 0.266. The van der Waals surface area contributed by atoms with Crippen molar-refractivity contribution in [2.45, 2.75) is 71.3 Å². The second kappa shape index (κ2) is 14.6. The summed E-state index contributed by atoms with van der Waals surface area (Å²) in [6, 6.07) is 0. The third kappa shape index (κ3) is 12.3. The van der Waals surface area contributed by atoms with Crippen LogP contribution in [0.25, 0.3) is 0 Å². The van der Waals surface area contributed by atoms with Crippen molar-refractivity contribution in [1.82, 2.24) is 0 Å². The number of aliphatic hydroxyl groups excluding tert-OH is 1. The average molecular weight is 352 g/mol. The van der Waals surface area contributed by atoms with Gasteiger partial charge >= 0.3 is 5.97 Å². The summed E-state index contributed by atoms with van der Waals surface area (Å²) in [6.45, 7) is 3.56. The lowest BCUT2D eigenvalue weighted by atomic mass is 9.85. The number of carbonyl (C=O) groups excluding carboxylic acids is 2. The molecule has 0 saturated carbocycles. The monoisotopic (exact) mass is 352 g/mol. The molecule has 0 unspecified atom stereocenters. The van der Waals surface area contributed by atoms with Crippen LogP contribution in [0, 0.1) is 11.8 Å². The van der Waals surface area contributed by atoms with Crippen molar-refractivity contribution in [1.29, 1.82) is 0 Å². The largest absolute Gasteiger partial charge is 0.481 e. The Morgan fingerprint density at radius 1 is 1.08 bits per heavy atom. The molecule has 0 aromatic carbocycles. The smallest absolute Gasteiger partial charge is 0.303 e. The van der Waals surface area contributed by atoms with Crippen molar-refractivity contribution in [2.24, 2.45) is 11.8 Å². The molecule has 0 bridgehead atoms. The van der Waals surface area contributed by atoms with Crippen LogP contribution in [0.4, 0.5) is 0 Å². The molecule has 142 valence electrons. The van der Waals surface area contributed by atoms with Crippen LogP contribution in [0.1, 0.15) is 65.2 Å². The topological polar surface area (TPSA) is 91.7 Å². The fourth-order valence-electron chi connectivity index (χ4n) is 2.59. The Morgan fingerprint density at radius 2 is 1.80 bits per heavy atom. The van der Waals surface area contributed by atoms with Crippen LogP contribution in [0.15, 0.2) is 24.3 Å². The molecule has 0 fully saturated rings. The Balaban J connectivity index is 4.50. The lowest BCUT2D eigenvalue weighted by Crippen LogP contribution is -2.22. The summed E-state index contributed by atoms with van der Waals surface area (Å²) in [4.78, 5) is 33.6. The Morgan fingerprint density at radius 3 is 2.36 bits per heavy atom. The Labute approximate surface area is 150 Å². The number of carboxylic acids is 1. The van der Waals surface area contributed by atoms with Gasteiger partial charge in [0.25, 0.3) is 0 Å². The molecular weight excluding hydrogens is 320 g/mol. The molecule has 3 atom stereocenters. The first-order valence-electron chi connectivity index (χ1n) is 9.11. The van der Waals surface area contributed by atoms with Crippen molar-refractivity contribution in [3.05, 3.63) is 24.3 Å². The van der Waals surface area contributed by atoms with E-state index in [1.165, 1.54) is 19.8 Å². The van der Waals surface area contributed by atoms with Crippen molar-refractivity contribution in [3.63, 3.8) is 0 Å². The van der Waals surface area contributed by atoms with Gasteiger partial charge in [0.1, 0.15) is 12.1 Å². The number of allylic oxidation sites excluding steroid dienone is 2. The second-order valence-electron chi connectivity index (χ2n) is 6.38. The minimum Gasteiger partial charge on any atom is -0.481 e. The van der Waals surface area contributed by atoms with E-state index in [1.54, 1.807) is 12.2 Å². The highest BCUT2D eigenvalue weighted by Crippen LogP contribution is 2.20. The molecule has 0 aromatic heterocycles. The minimum absolute atomic E-state index is 0.0237. The highest BCUT2D eigenvalue weighted by molar-refractivity contribution is 5.83. The molecular formula is C20H32O5. The van der Waals surface area contributed by atoms with E-state index < -0.39 is 23.9 Å². The van der Waals surface area contributed by atoms with Gasteiger partial charge in [-0.15, -0.1) is 0 Å². The fourth-order valence-corrected chi connectivity index (χ4v) is 2.59.